The van der Waals surface area contributed by atoms with Crippen molar-refractivity contribution in [1.82, 2.24) is 14.9 Å². The zero-order chi connectivity index (χ0) is 19.6. The summed E-state index contributed by atoms with van der Waals surface area (Å²) in [6.45, 7) is 8.18. The molecule has 0 amide bonds. The molecule has 5 nitrogen and oxygen atoms in total. The predicted octanol–water partition coefficient (Wildman–Crippen LogP) is 4.02. The molecule has 0 bridgehead atoms. The fraction of sp³-hybridized carbons (Fsp3) is 0.478. The maximum atomic E-state index is 5.86. The van der Waals surface area contributed by atoms with Crippen LogP contribution in [0, 0.1) is 5.92 Å². The van der Waals surface area contributed by atoms with Crippen LogP contribution in [0.5, 0.6) is 5.75 Å². The Labute approximate surface area is 176 Å². The van der Waals surface area contributed by atoms with E-state index in [0.717, 1.165) is 56.8 Å². The number of anilines is 1. The number of thiophene rings is 1. The number of nitrogens with zero attached hydrogens (tertiary/aromatic N) is 4. The largest absolute Gasteiger partial charge is 0.492 e. The van der Waals surface area contributed by atoms with Crippen LogP contribution < -0.4 is 9.64 Å². The maximum Gasteiger partial charge on any atom is 0.141 e. The van der Waals surface area contributed by atoms with E-state index in [1.807, 2.05) is 41.7 Å². The lowest BCUT2D eigenvalue weighted by atomic mass is 9.89. The van der Waals surface area contributed by atoms with Crippen LogP contribution in [0.15, 0.2) is 36.7 Å². The summed E-state index contributed by atoms with van der Waals surface area (Å²) in [5.41, 5.74) is 1.53. The van der Waals surface area contributed by atoms with Crippen molar-refractivity contribution in [3.63, 3.8) is 0 Å². The summed E-state index contributed by atoms with van der Waals surface area (Å²) < 4.78 is 5.86. The van der Waals surface area contributed by atoms with Crippen LogP contribution in [-0.2, 0) is 12.8 Å². The molecular formula is C23H28N4OS. The zero-order valence-electron chi connectivity index (χ0n) is 17.0. The van der Waals surface area contributed by atoms with Gasteiger partial charge in [-0.2, -0.15) is 0 Å². The van der Waals surface area contributed by atoms with Gasteiger partial charge in [0.1, 0.15) is 29.3 Å². The van der Waals surface area contributed by atoms with Crippen molar-refractivity contribution in [2.24, 2.45) is 5.92 Å². The number of fused-ring (bicyclic) bond motifs is 3. The molecule has 1 saturated heterocycles. The summed E-state index contributed by atoms with van der Waals surface area (Å²) >= 11 is 1.89. The number of piperazine rings is 1. The number of para-hydroxylation sites is 1. The Kier molecular flexibility index (Phi) is 5.38. The second-order valence-corrected chi connectivity index (χ2v) is 9.30. The van der Waals surface area contributed by atoms with E-state index in [-0.39, 0.29) is 0 Å². The average molecular weight is 409 g/mol. The average Bonchev–Trinajstić information content (AvgIpc) is 3.12. The Balaban J connectivity index is 1.24. The molecule has 3 aromatic rings. The molecule has 1 atom stereocenters. The van der Waals surface area contributed by atoms with Crippen molar-refractivity contribution in [3.05, 3.63) is 47.1 Å². The van der Waals surface area contributed by atoms with Crippen LogP contribution >= 0.6 is 11.3 Å². The van der Waals surface area contributed by atoms with Gasteiger partial charge in [0.15, 0.2) is 0 Å². The summed E-state index contributed by atoms with van der Waals surface area (Å²) in [6, 6.07) is 10.1. The fourth-order valence-electron chi connectivity index (χ4n) is 4.49. The lowest BCUT2D eigenvalue weighted by molar-refractivity contribution is 0.200. The van der Waals surface area contributed by atoms with E-state index in [9.17, 15) is 0 Å². The highest BCUT2D eigenvalue weighted by molar-refractivity contribution is 7.19. The van der Waals surface area contributed by atoms with Gasteiger partial charge in [0.25, 0.3) is 0 Å². The Bertz CT molecular complexity index is 966. The van der Waals surface area contributed by atoms with Gasteiger partial charge in [0, 0.05) is 37.6 Å². The number of ether oxygens (including phenoxy) is 1. The molecule has 29 heavy (non-hydrogen) atoms. The highest BCUT2D eigenvalue weighted by Crippen LogP contribution is 2.40. The molecule has 1 aliphatic heterocycles. The van der Waals surface area contributed by atoms with Crippen LogP contribution in [0.2, 0.25) is 0 Å². The first-order chi connectivity index (χ1) is 14.3. The third kappa shape index (κ3) is 3.96. The first-order valence-electron chi connectivity index (χ1n) is 10.7. The van der Waals surface area contributed by atoms with E-state index in [4.69, 9.17) is 9.72 Å². The fourth-order valence-corrected chi connectivity index (χ4v) is 5.84. The summed E-state index contributed by atoms with van der Waals surface area (Å²) in [5.74, 6) is 2.89. The molecule has 6 heteroatoms. The summed E-state index contributed by atoms with van der Waals surface area (Å²) in [5, 5.41) is 1.33. The van der Waals surface area contributed by atoms with Crippen molar-refractivity contribution >= 4 is 27.4 Å². The molecule has 1 fully saturated rings. The van der Waals surface area contributed by atoms with E-state index in [2.05, 4.69) is 21.7 Å². The van der Waals surface area contributed by atoms with Crippen molar-refractivity contribution in [2.75, 3.05) is 44.2 Å². The van der Waals surface area contributed by atoms with Crippen LogP contribution in [0.25, 0.3) is 10.2 Å². The highest BCUT2D eigenvalue weighted by Gasteiger charge is 2.26. The Morgan fingerprint density at radius 2 is 1.93 bits per heavy atom. The van der Waals surface area contributed by atoms with E-state index in [1.54, 1.807) is 6.33 Å². The van der Waals surface area contributed by atoms with Crippen LogP contribution in [0.4, 0.5) is 5.82 Å². The van der Waals surface area contributed by atoms with Crippen LogP contribution in [-0.4, -0.2) is 54.2 Å². The molecule has 3 heterocycles. The third-order valence-electron chi connectivity index (χ3n) is 6.16. The van der Waals surface area contributed by atoms with Crippen LogP contribution in [0.3, 0.4) is 0 Å². The number of aryl methyl sites for hydroxylation is 1. The molecule has 2 aromatic heterocycles. The van der Waals surface area contributed by atoms with Gasteiger partial charge in [0.05, 0.1) is 5.39 Å². The lowest BCUT2D eigenvalue weighted by Gasteiger charge is -2.35. The normalized spacial score (nSPS) is 20.0. The highest BCUT2D eigenvalue weighted by atomic mass is 32.1. The molecular weight excluding hydrogens is 380 g/mol. The van der Waals surface area contributed by atoms with Gasteiger partial charge in [-0.15, -0.1) is 11.3 Å². The van der Waals surface area contributed by atoms with Gasteiger partial charge in [-0.1, -0.05) is 25.1 Å². The molecule has 0 unspecified atom stereocenters. The van der Waals surface area contributed by atoms with Crippen LogP contribution in [0.1, 0.15) is 23.8 Å². The quantitative estimate of drug-likeness (QED) is 0.638. The number of rotatable bonds is 5. The third-order valence-corrected chi connectivity index (χ3v) is 7.33. The molecule has 5 rings (SSSR count). The Morgan fingerprint density at radius 1 is 1.10 bits per heavy atom. The summed E-state index contributed by atoms with van der Waals surface area (Å²) in [6.07, 6.45) is 5.41. The minimum Gasteiger partial charge on any atom is -0.492 e. The van der Waals surface area contributed by atoms with E-state index in [1.165, 1.54) is 39.9 Å². The van der Waals surface area contributed by atoms with Crippen molar-refractivity contribution in [3.8, 4) is 5.75 Å². The number of hydrogen-bond acceptors (Lipinski definition) is 6. The number of aromatic nitrogens is 2. The van der Waals surface area contributed by atoms with Gasteiger partial charge in [-0.05, 0) is 42.9 Å². The SMILES string of the molecule is C[C@@H]1CCc2c(sc3ncnc(N4CCN(CCOc5ccccc5)CC4)c23)C1. The maximum absolute atomic E-state index is 5.86. The lowest BCUT2D eigenvalue weighted by Crippen LogP contribution is -2.47. The van der Waals surface area contributed by atoms with E-state index < -0.39 is 0 Å². The second kappa shape index (κ2) is 8.28. The smallest absolute Gasteiger partial charge is 0.141 e. The van der Waals surface area contributed by atoms with Gasteiger partial charge in [-0.25, -0.2) is 9.97 Å². The molecule has 152 valence electrons. The topological polar surface area (TPSA) is 41.5 Å². The summed E-state index contributed by atoms with van der Waals surface area (Å²) in [4.78, 5) is 17.0. The Morgan fingerprint density at radius 3 is 2.76 bits per heavy atom. The summed E-state index contributed by atoms with van der Waals surface area (Å²) in [7, 11) is 0. The van der Waals surface area contributed by atoms with E-state index >= 15 is 0 Å². The first kappa shape index (κ1) is 18.8. The minimum atomic E-state index is 0.734. The van der Waals surface area contributed by atoms with Crippen molar-refractivity contribution < 1.29 is 4.74 Å². The minimum absolute atomic E-state index is 0.734. The zero-order valence-corrected chi connectivity index (χ0v) is 17.8. The second-order valence-electron chi connectivity index (χ2n) is 8.22. The van der Waals surface area contributed by atoms with E-state index in [0.29, 0.717) is 0 Å². The van der Waals surface area contributed by atoms with Gasteiger partial charge in [-0.3, -0.25) is 4.90 Å². The standard InChI is InChI=1S/C23H28N4OS/c1-17-7-8-19-20(15-17)29-23-21(19)22(24-16-25-23)27-11-9-26(10-12-27)13-14-28-18-5-3-2-4-6-18/h2-6,16-17H,7-15H2,1H3/t17-/m1/s1. The first-order valence-corrected chi connectivity index (χ1v) is 11.5. The molecule has 0 spiro atoms. The molecule has 0 saturated carbocycles. The molecule has 1 aliphatic carbocycles. The monoisotopic (exact) mass is 408 g/mol. The predicted molar refractivity (Wildman–Crippen MR) is 119 cm³/mol. The van der Waals surface area contributed by atoms with Gasteiger partial charge < -0.3 is 9.64 Å². The molecule has 1 aromatic carbocycles. The number of benzene rings is 1. The Hall–Kier alpha value is -2.18. The van der Waals surface area contributed by atoms with Gasteiger partial charge >= 0.3 is 0 Å². The molecule has 0 N–H and O–H groups in total. The van der Waals surface area contributed by atoms with Crippen molar-refractivity contribution in [2.45, 2.75) is 26.2 Å². The number of hydrogen-bond donors (Lipinski definition) is 0. The molecule has 2 aliphatic rings. The van der Waals surface area contributed by atoms with Gasteiger partial charge in [0.2, 0.25) is 0 Å². The molecule has 0 radical (unpaired) electrons. The van der Waals surface area contributed by atoms with Crippen molar-refractivity contribution in [1.29, 1.82) is 0 Å².